The van der Waals surface area contributed by atoms with E-state index in [0.29, 0.717) is 13.1 Å². The molecule has 0 aliphatic rings. The third kappa shape index (κ3) is 6.07. The standard InChI is InChI=1S/C11H21N3O4/c1-4-14(5-2)9(15)6-7-12-11(18)13-8(3)10(16)17/h8H,4-7H2,1-3H3,(H,16,17)(H2,12,13,18)/t8-/m1/s1. The lowest BCUT2D eigenvalue weighted by Gasteiger charge is -2.18. The minimum absolute atomic E-state index is 0.0356. The molecule has 0 aliphatic heterocycles. The molecule has 3 N–H and O–H groups in total. The van der Waals surface area contributed by atoms with Crippen LogP contribution in [0.2, 0.25) is 0 Å². The van der Waals surface area contributed by atoms with E-state index in [2.05, 4.69) is 10.6 Å². The Balaban J connectivity index is 3.87. The summed E-state index contributed by atoms with van der Waals surface area (Å²) in [4.78, 5) is 35.0. The maximum atomic E-state index is 11.6. The fourth-order valence-corrected chi connectivity index (χ4v) is 1.33. The predicted octanol–water partition coefficient (Wildman–Crippen LogP) is 0.0172. The van der Waals surface area contributed by atoms with Crippen molar-refractivity contribution in [3.63, 3.8) is 0 Å². The van der Waals surface area contributed by atoms with Gasteiger partial charge in [-0.05, 0) is 20.8 Å². The first-order valence-electron chi connectivity index (χ1n) is 5.97. The van der Waals surface area contributed by atoms with Gasteiger partial charge in [-0.25, -0.2) is 4.79 Å². The molecule has 0 spiro atoms. The van der Waals surface area contributed by atoms with E-state index in [1.165, 1.54) is 6.92 Å². The van der Waals surface area contributed by atoms with Crippen molar-refractivity contribution in [2.45, 2.75) is 33.2 Å². The van der Waals surface area contributed by atoms with Crippen molar-refractivity contribution in [3.8, 4) is 0 Å². The van der Waals surface area contributed by atoms with Gasteiger partial charge in [0.15, 0.2) is 0 Å². The van der Waals surface area contributed by atoms with E-state index in [9.17, 15) is 14.4 Å². The van der Waals surface area contributed by atoms with Gasteiger partial charge in [0.2, 0.25) is 5.91 Å². The third-order valence-electron chi connectivity index (χ3n) is 2.46. The Morgan fingerprint density at radius 2 is 1.78 bits per heavy atom. The SMILES string of the molecule is CCN(CC)C(=O)CCNC(=O)N[C@H](C)C(=O)O. The Morgan fingerprint density at radius 1 is 1.22 bits per heavy atom. The van der Waals surface area contributed by atoms with E-state index < -0.39 is 18.0 Å². The van der Waals surface area contributed by atoms with Gasteiger partial charge < -0.3 is 20.6 Å². The number of carboxylic acid groups (broad SMARTS) is 1. The molecule has 0 radical (unpaired) electrons. The van der Waals surface area contributed by atoms with Crippen LogP contribution in [-0.2, 0) is 9.59 Å². The van der Waals surface area contributed by atoms with E-state index >= 15 is 0 Å². The Bertz CT molecular complexity index is 303. The Morgan fingerprint density at radius 3 is 2.22 bits per heavy atom. The van der Waals surface area contributed by atoms with Crippen LogP contribution in [-0.4, -0.2) is 53.6 Å². The number of aliphatic carboxylic acids is 1. The van der Waals surface area contributed by atoms with E-state index in [1.807, 2.05) is 13.8 Å². The highest BCUT2D eigenvalue weighted by molar-refractivity contribution is 5.82. The lowest BCUT2D eigenvalue weighted by Crippen LogP contribution is -2.45. The highest BCUT2D eigenvalue weighted by atomic mass is 16.4. The number of carbonyl (C=O) groups excluding carboxylic acids is 2. The van der Waals surface area contributed by atoms with Crippen LogP contribution in [0.4, 0.5) is 4.79 Å². The highest BCUT2D eigenvalue weighted by Gasteiger charge is 2.14. The number of carboxylic acids is 1. The number of nitrogens with one attached hydrogen (secondary N) is 2. The van der Waals surface area contributed by atoms with Crippen molar-refractivity contribution in [1.82, 2.24) is 15.5 Å². The van der Waals surface area contributed by atoms with Gasteiger partial charge in [0.1, 0.15) is 6.04 Å². The lowest BCUT2D eigenvalue weighted by molar-refractivity contribution is -0.138. The van der Waals surface area contributed by atoms with Crippen LogP contribution in [0.3, 0.4) is 0 Å². The van der Waals surface area contributed by atoms with E-state index in [0.717, 1.165) is 0 Å². The fourth-order valence-electron chi connectivity index (χ4n) is 1.33. The van der Waals surface area contributed by atoms with Crippen molar-refractivity contribution < 1.29 is 19.5 Å². The molecule has 7 nitrogen and oxygen atoms in total. The molecular formula is C11H21N3O4. The molecular weight excluding hydrogens is 238 g/mol. The summed E-state index contributed by atoms with van der Waals surface area (Å²) in [6, 6.07) is -1.54. The van der Waals surface area contributed by atoms with Gasteiger partial charge in [0.25, 0.3) is 0 Å². The Kier molecular flexibility index (Phi) is 7.50. The van der Waals surface area contributed by atoms with E-state index in [4.69, 9.17) is 5.11 Å². The third-order valence-corrected chi connectivity index (χ3v) is 2.46. The summed E-state index contributed by atoms with van der Waals surface area (Å²) < 4.78 is 0. The minimum atomic E-state index is -1.11. The quantitative estimate of drug-likeness (QED) is 0.600. The molecule has 7 heteroatoms. The summed E-state index contributed by atoms with van der Waals surface area (Å²) >= 11 is 0. The van der Waals surface area contributed by atoms with Crippen molar-refractivity contribution >= 4 is 17.9 Å². The number of carbonyl (C=O) groups is 3. The largest absolute Gasteiger partial charge is 0.480 e. The number of urea groups is 1. The van der Waals surface area contributed by atoms with Gasteiger partial charge in [-0.1, -0.05) is 0 Å². The summed E-state index contributed by atoms with van der Waals surface area (Å²) in [5, 5.41) is 13.3. The molecule has 0 fully saturated rings. The molecule has 18 heavy (non-hydrogen) atoms. The molecule has 104 valence electrons. The first kappa shape index (κ1) is 16.2. The molecule has 0 aromatic rings. The van der Waals surface area contributed by atoms with Gasteiger partial charge in [-0.3, -0.25) is 9.59 Å². The summed E-state index contributed by atoms with van der Waals surface area (Å²) in [6.07, 6.45) is 0.205. The van der Waals surface area contributed by atoms with Crippen molar-refractivity contribution in [2.75, 3.05) is 19.6 Å². The maximum Gasteiger partial charge on any atom is 0.325 e. The van der Waals surface area contributed by atoms with Gasteiger partial charge in [-0.2, -0.15) is 0 Å². The number of amides is 3. The molecule has 0 aromatic carbocycles. The van der Waals surface area contributed by atoms with Crippen LogP contribution in [0, 0.1) is 0 Å². The number of hydrogen-bond acceptors (Lipinski definition) is 3. The van der Waals surface area contributed by atoms with Gasteiger partial charge in [0.05, 0.1) is 0 Å². The summed E-state index contributed by atoms with van der Waals surface area (Å²) in [7, 11) is 0. The zero-order valence-electron chi connectivity index (χ0n) is 11.0. The predicted molar refractivity (Wildman–Crippen MR) is 66.2 cm³/mol. The normalized spacial score (nSPS) is 11.5. The number of rotatable bonds is 7. The molecule has 3 amide bonds. The molecule has 0 unspecified atom stereocenters. The van der Waals surface area contributed by atoms with Crippen molar-refractivity contribution in [1.29, 1.82) is 0 Å². The number of nitrogens with zero attached hydrogens (tertiary/aromatic N) is 1. The van der Waals surface area contributed by atoms with Crippen LogP contribution in [0.5, 0.6) is 0 Å². The molecule has 0 aromatic heterocycles. The van der Waals surface area contributed by atoms with Gasteiger partial charge in [-0.15, -0.1) is 0 Å². The van der Waals surface area contributed by atoms with Crippen LogP contribution < -0.4 is 10.6 Å². The molecule has 0 aliphatic carbocycles. The maximum absolute atomic E-state index is 11.6. The average Bonchev–Trinajstić information content (AvgIpc) is 2.30. The molecule has 0 bridgehead atoms. The smallest absolute Gasteiger partial charge is 0.325 e. The zero-order chi connectivity index (χ0) is 14.1. The van der Waals surface area contributed by atoms with E-state index in [1.54, 1.807) is 4.90 Å². The second kappa shape index (κ2) is 8.32. The fraction of sp³-hybridized carbons (Fsp3) is 0.727. The Hall–Kier alpha value is -1.79. The monoisotopic (exact) mass is 259 g/mol. The second-order valence-corrected chi connectivity index (χ2v) is 3.78. The van der Waals surface area contributed by atoms with Crippen LogP contribution in [0.1, 0.15) is 27.2 Å². The second-order valence-electron chi connectivity index (χ2n) is 3.78. The lowest BCUT2D eigenvalue weighted by atomic mass is 10.3. The molecule has 1 atom stereocenters. The number of hydrogen-bond donors (Lipinski definition) is 3. The Labute approximate surface area is 107 Å². The zero-order valence-corrected chi connectivity index (χ0v) is 11.0. The van der Waals surface area contributed by atoms with Crippen LogP contribution in [0.15, 0.2) is 0 Å². The minimum Gasteiger partial charge on any atom is -0.480 e. The average molecular weight is 259 g/mol. The van der Waals surface area contributed by atoms with Crippen LogP contribution in [0.25, 0.3) is 0 Å². The summed E-state index contributed by atoms with van der Waals surface area (Å²) in [5.41, 5.74) is 0. The summed E-state index contributed by atoms with van der Waals surface area (Å²) in [6.45, 7) is 6.60. The molecule has 0 saturated carbocycles. The molecule has 0 saturated heterocycles. The first-order valence-corrected chi connectivity index (χ1v) is 5.97. The molecule has 0 heterocycles. The van der Waals surface area contributed by atoms with Gasteiger partial charge in [0, 0.05) is 26.1 Å². The van der Waals surface area contributed by atoms with E-state index in [-0.39, 0.29) is 18.9 Å². The first-order chi connectivity index (χ1) is 8.42. The van der Waals surface area contributed by atoms with Gasteiger partial charge >= 0.3 is 12.0 Å². The molecule has 0 rings (SSSR count). The van der Waals surface area contributed by atoms with Crippen molar-refractivity contribution in [3.05, 3.63) is 0 Å². The van der Waals surface area contributed by atoms with Crippen molar-refractivity contribution in [2.24, 2.45) is 0 Å². The summed E-state index contributed by atoms with van der Waals surface area (Å²) in [5.74, 6) is -1.14. The highest BCUT2D eigenvalue weighted by Crippen LogP contribution is 1.92. The van der Waals surface area contributed by atoms with Crippen LogP contribution >= 0.6 is 0 Å². The topological polar surface area (TPSA) is 98.7 Å².